The SMILES string of the molecule is N#C/C(=C\c1cccs1)c1nc(=O)nc(/C(C#N)=C/c2cccs2)o1. The van der Waals surface area contributed by atoms with E-state index in [2.05, 4.69) is 9.97 Å². The Morgan fingerprint density at radius 1 is 0.960 bits per heavy atom. The Labute approximate surface area is 150 Å². The van der Waals surface area contributed by atoms with Crippen molar-refractivity contribution in [2.24, 2.45) is 0 Å². The number of rotatable bonds is 4. The van der Waals surface area contributed by atoms with Gasteiger partial charge in [-0.1, -0.05) is 12.1 Å². The van der Waals surface area contributed by atoms with E-state index in [-0.39, 0.29) is 22.9 Å². The second-order valence-corrected chi connectivity index (χ2v) is 6.55. The van der Waals surface area contributed by atoms with Gasteiger partial charge in [-0.05, 0) is 35.0 Å². The van der Waals surface area contributed by atoms with Crippen LogP contribution in [0.1, 0.15) is 21.5 Å². The number of aromatic nitrogens is 2. The predicted octanol–water partition coefficient (Wildman–Crippen LogP) is 3.68. The van der Waals surface area contributed by atoms with Crippen molar-refractivity contribution >= 4 is 46.0 Å². The highest BCUT2D eigenvalue weighted by molar-refractivity contribution is 7.11. The largest absolute Gasteiger partial charge is 0.417 e. The van der Waals surface area contributed by atoms with Crippen molar-refractivity contribution in [3.05, 3.63) is 67.0 Å². The van der Waals surface area contributed by atoms with Crippen LogP contribution < -0.4 is 5.69 Å². The molecule has 0 atom stereocenters. The van der Waals surface area contributed by atoms with E-state index in [0.29, 0.717) is 0 Å². The molecule has 8 heteroatoms. The highest BCUT2D eigenvalue weighted by Gasteiger charge is 2.14. The summed E-state index contributed by atoms with van der Waals surface area (Å²) in [6.07, 6.45) is 3.13. The van der Waals surface area contributed by atoms with Gasteiger partial charge in [0.15, 0.2) is 0 Å². The van der Waals surface area contributed by atoms with Crippen LogP contribution in [0.15, 0.2) is 44.2 Å². The van der Waals surface area contributed by atoms with Gasteiger partial charge in [0.2, 0.25) is 11.8 Å². The van der Waals surface area contributed by atoms with Gasteiger partial charge in [-0.15, -0.1) is 22.7 Å². The van der Waals surface area contributed by atoms with Crippen molar-refractivity contribution in [2.45, 2.75) is 0 Å². The van der Waals surface area contributed by atoms with Gasteiger partial charge in [-0.25, -0.2) is 4.79 Å². The maximum atomic E-state index is 11.8. The number of nitriles is 2. The lowest BCUT2D eigenvalue weighted by atomic mass is 10.2. The lowest BCUT2D eigenvalue weighted by molar-refractivity contribution is 0.471. The number of hydrogen-bond acceptors (Lipinski definition) is 8. The minimum Gasteiger partial charge on any atom is -0.417 e. The van der Waals surface area contributed by atoms with Gasteiger partial charge in [-0.3, -0.25) is 0 Å². The van der Waals surface area contributed by atoms with Crippen LogP contribution in [0.4, 0.5) is 0 Å². The van der Waals surface area contributed by atoms with Crippen LogP contribution in [0.25, 0.3) is 23.3 Å². The Morgan fingerprint density at radius 2 is 1.44 bits per heavy atom. The average Bonchev–Trinajstić information content (AvgIpc) is 3.30. The zero-order chi connectivity index (χ0) is 17.6. The van der Waals surface area contributed by atoms with E-state index in [1.165, 1.54) is 22.7 Å². The quantitative estimate of drug-likeness (QED) is 0.654. The number of nitrogens with zero attached hydrogens (tertiary/aromatic N) is 4. The summed E-state index contributed by atoms with van der Waals surface area (Å²) in [6.45, 7) is 0. The van der Waals surface area contributed by atoms with E-state index in [4.69, 9.17) is 4.42 Å². The van der Waals surface area contributed by atoms with Crippen molar-refractivity contribution in [3.63, 3.8) is 0 Å². The van der Waals surface area contributed by atoms with Gasteiger partial charge < -0.3 is 4.42 Å². The van der Waals surface area contributed by atoms with Gasteiger partial charge in [0.25, 0.3) is 0 Å². The van der Waals surface area contributed by atoms with Crippen molar-refractivity contribution in [3.8, 4) is 12.1 Å². The molecule has 0 saturated heterocycles. The van der Waals surface area contributed by atoms with E-state index >= 15 is 0 Å². The minimum absolute atomic E-state index is 0.0802. The van der Waals surface area contributed by atoms with Crippen LogP contribution in [0.3, 0.4) is 0 Å². The summed E-state index contributed by atoms with van der Waals surface area (Å²) in [5, 5.41) is 22.4. The topological polar surface area (TPSA) is 104 Å². The highest BCUT2D eigenvalue weighted by atomic mass is 32.1. The molecule has 0 aliphatic rings. The predicted molar refractivity (Wildman–Crippen MR) is 96.2 cm³/mol. The summed E-state index contributed by atoms with van der Waals surface area (Å²) in [5.41, 5.74) is -0.663. The first kappa shape index (κ1) is 16.5. The summed E-state index contributed by atoms with van der Waals surface area (Å²) >= 11 is 2.86. The van der Waals surface area contributed by atoms with E-state index < -0.39 is 5.69 Å². The fourth-order valence-corrected chi connectivity index (χ4v) is 3.20. The normalized spacial score (nSPS) is 11.8. The van der Waals surface area contributed by atoms with Crippen LogP contribution >= 0.6 is 22.7 Å². The van der Waals surface area contributed by atoms with Gasteiger partial charge >= 0.3 is 5.69 Å². The second-order valence-electron chi connectivity index (χ2n) is 4.59. The second kappa shape index (κ2) is 7.49. The molecule has 0 aliphatic carbocycles. The average molecular weight is 364 g/mol. The Kier molecular flexibility index (Phi) is 4.95. The molecule has 0 fully saturated rings. The molecular weight excluding hydrogens is 356 g/mol. The van der Waals surface area contributed by atoms with Crippen LogP contribution in [0, 0.1) is 22.7 Å². The van der Waals surface area contributed by atoms with Gasteiger partial charge in [0.1, 0.15) is 23.3 Å². The number of allylic oxidation sites excluding steroid dienone is 2. The van der Waals surface area contributed by atoms with Crippen molar-refractivity contribution < 1.29 is 4.42 Å². The zero-order valence-electron chi connectivity index (χ0n) is 12.5. The van der Waals surface area contributed by atoms with Crippen LogP contribution in [-0.4, -0.2) is 9.97 Å². The third-order valence-electron chi connectivity index (χ3n) is 2.95. The molecule has 0 aromatic carbocycles. The molecular formula is C17H8N4O2S2. The molecule has 3 aromatic heterocycles. The molecule has 0 unspecified atom stereocenters. The molecule has 25 heavy (non-hydrogen) atoms. The Bertz CT molecular complexity index is 996. The molecule has 0 radical (unpaired) electrons. The third-order valence-corrected chi connectivity index (χ3v) is 4.59. The lowest BCUT2D eigenvalue weighted by Crippen LogP contribution is -2.14. The minimum atomic E-state index is -0.823. The van der Waals surface area contributed by atoms with Crippen LogP contribution in [0.2, 0.25) is 0 Å². The molecule has 0 amide bonds. The van der Waals surface area contributed by atoms with Gasteiger partial charge in [0.05, 0.1) is 0 Å². The summed E-state index contributed by atoms with van der Waals surface area (Å²) in [6, 6.07) is 11.2. The summed E-state index contributed by atoms with van der Waals surface area (Å²) in [5.74, 6) is -0.337. The Balaban J connectivity index is 2.08. The maximum absolute atomic E-state index is 11.8. The van der Waals surface area contributed by atoms with E-state index in [1.807, 2.05) is 47.2 Å². The van der Waals surface area contributed by atoms with Crippen LogP contribution in [0.5, 0.6) is 0 Å². The fourth-order valence-electron chi connectivity index (χ4n) is 1.88. The number of thiophene rings is 2. The first-order valence-corrected chi connectivity index (χ1v) is 8.66. The van der Waals surface area contributed by atoms with Crippen LogP contribution in [-0.2, 0) is 0 Å². The molecule has 0 N–H and O–H groups in total. The third kappa shape index (κ3) is 3.96. The Morgan fingerprint density at radius 3 is 1.80 bits per heavy atom. The molecule has 0 aliphatic heterocycles. The first-order valence-electron chi connectivity index (χ1n) is 6.90. The maximum Gasteiger partial charge on any atom is 0.373 e. The van der Waals surface area contributed by atoms with E-state index in [1.54, 1.807) is 12.2 Å². The van der Waals surface area contributed by atoms with Crippen molar-refractivity contribution in [2.75, 3.05) is 0 Å². The molecule has 0 saturated carbocycles. The van der Waals surface area contributed by atoms with Gasteiger partial charge in [-0.2, -0.15) is 20.5 Å². The molecule has 3 rings (SSSR count). The molecule has 0 bridgehead atoms. The molecule has 120 valence electrons. The zero-order valence-corrected chi connectivity index (χ0v) is 14.2. The van der Waals surface area contributed by atoms with Crippen molar-refractivity contribution in [1.82, 2.24) is 9.97 Å². The summed E-state index contributed by atoms with van der Waals surface area (Å²) < 4.78 is 5.47. The van der Waals surface area contributed by atoms with Crippen molar-refractivity contribution in [1.29, 1.82) is 10.5 Å². The highest BCUT2D eigenvalue weighted by Crippen LogP contribution is 2.22. The smallest absolute Gasteiger partial charge is 0.373 e. The van der Waals surface area contributed by atoms with E-state index in [0.717, 1.165) is 9.75 Å². The monoisotopic (exact) mass is 364 g/mol. The standard InChI is InChI=1S/C17H8N4O2S2/c18-9-11(7-13-3-1-5-24-13)15-20-17(22)21-16(23-15)12(10-19)8-14-4-2-6-25-14/h1-8H/b11-7+,12-8+. The Hall–Kier alpha value is -3.33. The fraction of sp³-hybridized carbons (Fsp3) is 0. The lowest BCUT2D eigenvalue weighted by Gasteiger charge is -2.00. The number of hydrogen-bond donors (Lipinski definition) is 0. The molecule has 3 aromatic rings. The first-order chi connectivity index (χ1) is 12.2. The van der Waals surface area contributed by atoms with Gasteiger partial charge in [0, 0.05) is 9.75 Å². The molecule has 0 spiro atoms. The summed E-state index contributed by atoms with van der Waals surface area (Å²) in [7, 11) is 0. The molecule has 6 nitrogen and oxygen atoms in total. The van der Waals surface area contributed by atoms with E-state index in [9.17, 15) is 15.3 Å². The summed E-state index contributed by atoms with van der Waals surface area (Å²) in [4.78, 5) is 20.7. The molecule has 3 heterocycles.